The summed E-state index contributed by atoms with van der Waals surface area (Å²) in [5.41, 5.74) is 0. The molecule has 0 amide bonds. The summed E-state index contributed by atoms with van der Waals surface area (Å²) in [5.74, 6) is 1.37. The molecule has 1 aliphatic heterocycles. The van der Waals surface area contributed by atoms with Crippen LogP contribution in [0.15, 0.2) is 40.8 Å². The minimum atomic E-state index is 0. The van der Waals surface area contributed by atoms with E-state index in [2.05, 4.69) is 42.6 Å². The molecule has 3 rings (SSSR count). The number of thiophene rings is 1. The van der Waals surface area contributed by atoms with Crippen molar-refractivity contribution in [3.8, 4) is 5.88 Å². The molecule has 1 saturated heterocycles. The molecule has 2 aromatic rings. The van der Waals surface area contributed by atoms with Crippen LogP contribution in [0.3, 0.4) is 0 Å². The average Bonchev–Trinajstić information content (AvgIpc) is 3.18. The van der Waals surface area contributed by atoms with Gasteiger partial charge in [0.1, 0.15) is 11.6 Å². The van der Waals surface area contributed by atoms with Gasteiger partial charge in [-0.1, -0.05) is 11.6 Å². The summed E-state index contributed by atoms with van der Waals surface area (Å²) in [6, 6.07) is 7.82. The first-order chi connectivity index (χ1) is 12.3. The van der Waals surface area contributed by atoms with Crippen LogP contribution in [0.25, 0.3) is 0 Å². The maximum atomic E-state index is 6.03. The van der Waals surface area contributed by atoms with Gasteiger partial charge in [0.2, 0.25) is 5.88 Å². The molecule has 1 aliphatic rings. The second kappa shape index (κ2) is 10.8. The number of ether oxygens (including phenoxy) is 1. The van der Waals surface area contributed by atoms with Crippen molar-refractivity contribution >= 4 is 57.9 Å². The topological polar surface area (TPSA) is 53.0 Å². The van der Waals surface area contributed by atoms with Gasteiger partial charge in [-0.2, -0.15) is 0 Å². The Morgan fingerprint density at radius 1 is 1.31 bits per heavy atom. The van der Waals surface area contributed by atoms with Crippen LogP contribution in [0.1, 0.15) is 0 Å². The van der Waals surface area contributed by atoms with Crippen LogP contribution >= 0.6 is 46.9 Å². The number of aliphatic imine (C=N–C) groups is 1. The van der Waals surface area contributed by atoms with Gasteiger partial charge in [0.15, 0.2) is 5.96 Å². The average molecular weight is 508 g/mol. The van der Waals surface area contributed by atoms with Crippen molar-refractivity contribution in [2.45, 2.75) is 0 Å². The lowest BCUT2D eigenvalue weighted by molar-refractivity contribution is 0.304. The summed E-state index contributed by atoms with van der Waals surface area (Å²) in [5, 5.41) is 7.32. The van der Waals surface area contributed by atoms with Crippen molar-refractivity contribution in [1.82, 2.24) is 15.2 Å². The fourth-order valence-electron chi connectivity index (χ4n) is 2.71. The van der Waals surface area contributed by atoms with Gasteiger partial charge < -0.3 is 19.9 Å². The van der Waals surface area contributed by atoms with E-state index in [1.807, 2.05) is 7.05 Å². The van der Waals surface area contributed by atoms with Gasteiger partial charge in [-0.25, -0.2) is 4.98 Å². The molecule has 0 aromatic carbocycles. The van der Waals surface area contributed by atoms with E-state index in [1.165, 1.54) is 5.00 Å². The number of aromatic nitrogens is 1. The first-order valence-corrected chi connectivity index (χ1v) is 9.51. The SMILES string of the molecule is CN=C(NCCOc1ncccc1Cl)N1CCN(c2cccs2)CC1.I. The zero-order valence-corrected chi connectivity index (χ0v) is 18.5. The predicted octanol–water partition coefficient (Wildman–Crippen LogP) is 3.19. The highest BCUT2D eigenvalue weighted by Crippen LogP contribution is 2.22. The Hall–Kier alpha value is -1.26. The Balaban J connectivity index is 0.00000243. The zero-order chi connectivity index (χ0) is 17.5. The number of nitrogens with one attached hydrogen (secondary N) is 1. The van der Waals surface area contributed by atoms with Crippen LogP contribution in [0, 0.1) is 0 Å². The minimum absolute atomic E-state index is 0. The summed E-state index contributed by atoms with van der Waals surface area (Å²) in [6.07, 6.45) is 1.67. The molecular weight excluding hydrogens is 485 g/mol. The molecule has 0 aliphatic carbocycles. The molecule has 1 fully saturated rings. The number of nitrogens with zero attached hydrogens (tertiary/aromatic N) is 4. The predicted molar refractivity (Wildman–Crippen MR) is 120 cm³/mol. The number of hydrogen-bond acceptors (Lipinski definition) is 5. The standard InChI is InChI=1S/C17H22ClN5OS.HI/c1-19-17(21-7-12-24-16-14(18)4-2-6-20-16)23-10-8-22(9-11-23)15-5-3-13-25-15;/h2-6,13H,7-12H2,1H3,(H,19,21);1H. The van der Waals surface area contributed by atoms with Crippen molar-refractivity contribution in [2.24, 2.45) is 4.99 Å². The molecule has 0 unspecified atom stereocenters. The molecule has 0 saturated carbocycles. The van der Waals surface area contributed by atoms with Crippen LogP contribution in [0.5, 0.6) is 5.88 Å². The van der Waals surface area contributed by atoms with Crippen LogP contribution in [0.2, 0.25) is 5.02 Å². The highest BCUT2D eigenvalue weighted by molar-refractivity contribution is 14.0. The summed E-state index contributed by atoms with van der Waals surface area (Å²) >= 11 is 7.82. The van der Waals surface area contributed by atoms with Crippen LogP contribution in [0.4, 0.5) is 5.00 Å². The second-order valence-electron chi connectivity index (χ2n) is 5.54. The Bertz CT molecular complexity index is 692. The van der Waals surface area contributed by atoms with E-state index in [0.717, 1.165) is 32.1 Å². The molecule has 26 heavy (non-hydrogen) atoms. The molecule has 6 nitrogen and oxygen atoms in total. The summed E-state index contributed by atoms with van der Waals surface area (Å²) < 4.78 is 5.60. The second-order valence-corrected chi connectivity index (χ2v) is 6.87. The van der Waals surface area contributed by atoms with Gasteiger partial charge >= 0.3 is 0 Å². The largest absolute Gasteiger partial charge is 0.475 e. The van der Waals surface area contributed by atoms with Crippen LogP contribution in [-0.2, 0) is 0 Å². The van der Waals surface area contributed by atoms with E-state index in [4.69, 9.17) is 16.3 Å². The molecule has 2 aromatic heterocycles. The number of halogens is 2. The maximum Gasteiger partial charge on any atom is 0.232 e. The van der Waals surface area contributed by atoms with E-state index in [-0.39, 0.29) is 24.0 Å². The van der Waals surface area contributed by atoms with Crippen molar-refractivity contribution in [1.29, 1.82) is 0 Å². The first kappa shape index (κ1) is 21.0. The Morgan fingerprint density at radius 3 is 2.77 bits per heavy atom. The third kappa shape index (κ3) is 5.62. The fraction of sp³-hybridized carbons (Fsp3) is 0.412. The van der Waals surface area contributed by atoms with Gasteiger partial charge in [-0.3, -0.25) is 4.99 Å². The number of anilines is 1. The molecule has 1 N–H and O–H groups in total. The lowest BCUT2D eigenvalue weighted by Gasteiger charge is -2.37. The van der Waals surface area contributed by atoms with E-state index >= 15 is 0 Å². The number of guanidine groups is 1. The van der Waals surface area contributed by atoms with Gasteiger partial charge in [0, 0.05) is 39.4 Å². The third-order valence-corrected chi connectivity index (χ3v) is 5.17. The van der Waals surface area contributed by atoms with Gasteiger partial charge in [-0.15, -0.1) is 35.3 Å². The molecule has 0 atom stereocenters. The molecular formula is C17H23ClIN5OS. The zero-order valence-electron chi connectivity index (χ0n) is 14.6. The third-order valence-electron chi connectivity index (χ3n) is 3.96. The Labute approximate surface area is 180 Å². The van der Waals surface area contributed by atoms with Gasteiger partial charge in [0.05, 0.1) is 11.5 Å². The summed E-state index contributed by atoms with van der Waals surface area (Å²) in [6.45, 7) is 5.02. The molecule has 0 radical (unpaired) electrons. The molecule has 0 bridgehead atoms. The van der Waals surface area contributed by atoms with Crippen molar-refractivity contribution < 1.29 is 4.74 Å². The fourth-order valence-corrected chi connectivity index (χ4v) is 3.67. The quantitative estimate of drug-likeness (QED) is 0.292. The lowest BCUT2D eigenvalue weighted by atomic mass is 10.3. The van der Waals surface area contributed by atoms with Gasteiger partial charge in [-0.05, 0) is 29.6 Å². The van der Waals surface area contributed by atoms with Crippen LogP contribution in [-0.4, -0.2) is 62.2 Å². The van der Waals surface area contributed by atoms with E-state index in [9.17, 15) is 0 Å². The molecule has 142 valence electrons. The van der Waals surface area contributed by atoms with E-state index < -0.39 is 0 Å². The molecule has 9 heteroatoms. The number of hydrogen-bond donors (Lipinski definition) is 1. The summed E-state index contributed by atoms with van der Waals surface area (Å²) in [7, 11) is 1.81. The number of pyridine rings is 1. The molecule has 0 spiro atoms. The highest BCUT2D eigenvalue weighted by Gasteiger charge is 2.20. The van der Waals surface area contributed by atoms with Crippen LogP contribution < -0.4 is 15.0 Å². The van der Waals surface area contributed by atoms with E-state index in [0.29, 0.717) is 24.1 Å². The number of rotatable bonds is 5. The maximum absolute atomic E-state index is 6.03. The number of piperazine rings is 1. The Morgan fingerprint density at radius 2 is 2.12 bits per heavy atom. The molecule has 3 heterocycles. The smallest absolute Gasteiger partial charge is 0.232 e. The first-order valence-electron chi connectivity index (χ1n) is 8.25. The summed E-state index contributed by atoms with van der Waals surface area (Å²) in [4.78, 5) is 13.2. The normalized spacial score (nSPS) is 14.8. The van der Waals surface area contributed by atoms with E-state index in [1.54, 1.807) is 29.7 Å². The van der Waals surface area contributed by atoms with Gasteiger partial charge in [0.25, 0.3) is 0 Å². The van der Waals surface area contributed by atoms with Crippen molar-refractivity contribution in [2.75, 3.05) is 51.3 Å². The van der Waals surface area contributed by atoms with Crippen molar-refractivity contribution in [3.63, 3.8) is 0 Å². The highest BCUT2D eigenvalue weighted by atomic mass is 127. The minimum Gasteiger partial charge on any atom is -0.475 e. The lowest BCUT2D eigenvalue weighted by Crippen LogP contribution is -2.52. The Kier molecular flexibility index (Phi) is 8.73. The monoisotopic (exact) mass is 507 g/mol. The van der Waals surface area contributed by atoms with Crippen molar-refractivity contribution in [3.05, 3.63) is 40.9 Å².